The van der Waals surface area contributed by atoms with E-state index in [1.165, 1.54) is 6.07 Å². The van der Waals surface area contributed by atoms with Crippen LogP contribution in [0.25, 0.3) is 0 Å². The van der Waals surface area contributed by atoms with Crippen LogP contribution in [0.3, 0.4) is 0 Å². The fourth-order valence-corrected chi connectivity index (χ4v) is 1.86. The smallest absolute Gasteiger partial charge is 0.146 e. The third-order valence-electron chi connectivity index (χ3n) is 2.85. The average Bonchev–Trinajstić information content (AvgIpc) is 2.30. The van der Waals surface area contributed by atoms with Crippen molar-refractivity contribution in [1.29, 1.82) is 0 Å². The molecule has 2 N–H and O–H groups in total. The van der Waals surface area contributed by atoms with E-state index >= 15 is 0 Å². The van der Waals surface area contributed by atoms with Gasteiger partial charge in [0.2, 0.25) is 0 Å². The van der Waals surface area contributed by atoms with Crippen LogP contribution in [-0.2, 0) is 4.74 Å². The van der Waals surface area contributed by atoms with Crippen LogP contribution in [-0.4, -0.2) is 26.3 Å². The summed E-state index contributed by atoms with van der Waals surface area (Å²) < 4.78 is 18.9. The number of nitrogens with two attached hydrogens (primary N) is 1. The molecule has 0 amide bonds. The molecule has 0 radical (unpaired) electrons. The van der Waals surface area contributed by atoms with Gasteiger partial charge in [-0.1, -0.05) is 6.07 Å². The van der Waals surface area contributed by atoms with Gasteiger partial charge < -0.3 is 15.4 Å². The van der Waals surface area contributed by atoms with Gasteiger partial charge in [-0.2, -0.15) is 0 Å². The molecule has 16 heavy (non-hydrogen) atoms. The maximum atomic E-state index is 13.7. The Morgan fingerprint density at radius 1 is 1.38 bits per heavy atom. The van der Waals surface area contributed by atoms with Crippen molar-refractivity contribution in [2.24, 2.45) is 5.73 Å². The largest absolute Gasteiger partial charge is 0.378 e. The fourth-order valence-electron chi connectivity index (χ4n) is 1.86. The summed E-state index contributed by atoms with van der Waals surface area (Å²) in [6.45, 7) is 4.68. The number of hydrogen-bond donors (Lipinski definition) is 1. The van der Waals surface area contributed by atoms with Gasteiger partial charge in [-0.05, 0) is 24.6 Å². The van der Waals surface area contributed by atoms with Gasteiger partial charge in [-0.25, -0.2) is 4.39 Å². The lowest BCUT2D eigenvalue weighted by molar-refractivity contribution is 0.122. The van der Waals surface area contributed by atoms with Crippen molar-refractivity contribution in [3.8, 4) is 0 Å². The van der Waals surface area contributed by atoms with Gasteiger partial charge in [0.1, 0.15) is 5.82 Å². The highest BCUT2D eigenvalue weighted by Gasteiger charge is 2.16. The number of benzene rings is 1. The monoisotopic (exact) mass is 224 g/mol. The first-order chi connectivity index (χ1) is 7.68. The summed E-state index contributed by atoms with van der Waals surface area (Å²) in [4.78, 5) is 2.00. The number of halogens is 1. The van der Waals surface area contributed by atoms with Gasteiger partial charge >= 0.3 is 0 Å². The fraction of sp³-hybridized carbons (Fsp3) is 0.500. The summed E-state index contributed by atoms with van der Waals surface area (Å²) in [5.74, 6) is -0.189. The van der Waals surface area contributed by atoms with E-state index in [9.17, 15) is 4.39 Å². The Morgan fingerprint density at radius 2 is 2.06 bits per heavy atom. The number of ether oxygens (including phenoxy) is 1. The maximum Gasteiger partial charge on any atom is 0.146 e. The van der Waals surface area contributed by atoms with E-state index in [2.05, 4.69) is 0 Å². The third kappa shape index (κ3) is 2.33. The zero-order valence-corrected chi connectivity index (χ0v) is 9.45. The molecular formula is C12H17FN2O. The minimum Gasteiger partial charge on any atom is -0.378 e. The number of hydrogen-bond acceptors (Lipinski definition) is 3. The van der Waals surface area contributed by atoms with Crippen LogP contribution in [0.2, 0.25) is 0 Å². The molecule has 88 valence electrons. The second-order valence-electron chi connectivity index (χ2n) is 4.10. The van der Waals surface area contributed by atoms with Crippen LogP contribution in [0.15, 0.2) is 18.2 Å². The summed E-state index contributed by atoms with van der Waals surface area (Å²) in [6, 6.07) is 5.00. The topological polar surface area (TPSA) is 38.5 Å². The summed E-state index contributed by atoms with van der Waals surface area (Å²) in [7, 11) is 0. The SMILES string of the molecule is CC(N)c1ccc(F)c(N2CCOCC2)c1. The molecule has 0 saturated carbocycles. The summed E-state index contributed by atoms with van der Waals surface area (Å²) >= 11 is 0. The average molecular weight is 224 g/mol. The normalized spacial score (nSPS) is 18.6. The van der Waals surface area contributed by atoms with Gasteiger partial charge in [-0.15, -0.1) is 0 Å². The molecule has 1 aliphatic rings. The Morgan fingerprint density at radius 3 is 2.69 bits per heavy atom. The third-order valence-corrected chi connectivity index (χ3v) is 2.85. The highest BCUT2D eigenvalue weighted by atomic mass is 19.1. The summed E-state index contributed by atoms with van der Waals surface area (Å²) in [6.07, 6.45) is 0. The van der Waals surface area contributed by atoms with Crippen LogP contribution in [0.4, 0.5) is 10.1 Å². The Labute approximate surface area is 95.0 Å². The molecule has 1 aliphatic heterocycles. The first-order valence-electron chi connectivity index (χ1n) is 5.56. The molecule has 1 saturated heterocycles. The molecule has 3 nitrogen and oxygen atoms in total. The number of nitrogens with zero attached hydrogens (tertiary/aromatic N) is 1. The molecule has 0 bridgehead atoms. The lowest BCUT2D eigenvalue weighted by atomic mass is 10.1. The molecule has 1 aromatic carbocycles. The van der Waals surface area contributed by atoms with E-state index in [0.29, 0.717) is 18.9 Å². The Balaban J connectivity index is 2.27. The quantitative estimate of drug-likeness (QED) is 0.830. The minimum absolute atomic E-state index is 0.0691. The van der Waals surface area contributed by atoms with E-state index in [1.807, 2.05) is 17.9 Å². The molecular weight excluding hydrogens is 207 g/mol. The van der Waals surface area contributed by atoms with Gasteiger partial charge in [0.05, 0.1) is 18.9 Å². The van der Waals surface area contributed by atoms with Crippen molar-refractivity contribution < 1.29 is 9.13 Å². The predicted octanol–water partition coefficient (Wildman–Crippen LogP) is 1.68. The molecule has 1 heterocycles. The van der Waals surface area contributed by atoms with Crippen LogP contribution >= 0.6 is 0 Å². The van der Waals surface area contributed by atoms with Crippen molar-refractivity contribution in [2.45, 2.75) is 13.0 Å². The van der Waals surface area contributed by atoms with Gasteiger partial charge in [0.15, 0.2) is 0 Å². The van der Waals surface area contributed by atoms with Gasteiger partial charge in [0.25, 0.3) is 0 Å². The lowest BCUT2D eigenvalue weighted by Crippen LogP contribution is -2.36. The summed E-state index contributed by atoms with van der Waals surface area (Å²) in [5.41, 5.74) is 7.39. The first-order valence-corrected chi connectivity index (χ1v) is 5.56. The van der Waals surface area contributed by atoms with Crippen LogP contribution < -0.4 is 10.6 Å². The Kier molecular flexibility index (Phi) is 3.41. The van der Waals surface area contributed by atoms with E-state index in [1.54, 1.807) is 6.07 Å². The van der Waals surface area contributed by atoms with E-state index in [0.717, 1.165) is 18.7 Å². The minimum atomic E-state index is -0.189. The standard InChI is InChI=1S/C12H17FN2O/c1-9(14)10-2-3-11(13)12(8-10)15-4-6-16-7-5-15/h2-3,8-9H,4-7,14H2,1H3. The molecule has 1 aromatic rings. The lowest BCUT2D eigenvalue weighted by Gasteiger charge is -2.29. The second kappa shape index (κ2) is 4.80. The van der Waals surface area contributed by atoms with E-state index in [-0.39, 0.29) is 11.9 Å². The maximum absolute atomic E-state index is 13.7. The van der Waals surface area contributed by atoms with Crippen LogP contribution in [0.5, 0.6) is 0 Å². The molecule has 2 rings (SSSR count). The molecule has 0 aliphatic carbocycles. The summed E-state index contributed by atoms with van der Waals surface area (Å²) in [5, 5.41) is 0. The first kappa shape index (κ1) is 11.4. The Bertz CT molecular complexity index is 362. The molecule has 1 fully saturated rings. The zero-order valence-electron chi connectivity index (χ0n) is 9.45. The zero-order chi connectivity index (χ0) is 11.5. The van der Waals surface area contributed by atoms with Crippen molar-refractivity contribution in [3.63, 3.8) is 0 Å². The van der Waals surface area contributed by atoms with E-state index in [4.69, 9.17) is 10.5 Å². The number of rotatable bonds is 2. The highest BCUT2D eigenvalue weighted by Crippen LogP contribution is 2.24. The molecule has 1 unspecified atom stereocenters. The van der Waals surface area contributed by atoms with E-state index < -0.39 is 0 Å². The van der Waals surface area contributed by atoms with Crippen molar-refractivity contribution in [2.75, 3.05) is 31.2 Å². The molecule has 1 atom stereocenters. The van der Waals surface area contributed by atoms with Crippen molar-refractivity contribution in [1.82, 2.24) is 0 Å². The van der Waals surface area contributed by atoms with Gasteiger partial charge in [-0.3, -0.25) is 0 Å². The number of anilines is 1. The number of morpholine rings is 1. The predicted molar refractivity (Wildman–Crippen MR) is 62.0 cm³/mol. The molecule has 0 spiro atoms. The second-order valence-corrected chi connectivity index (χ2v) is 4.10. The molecule has 4 heteroatoms. The van der Waals surface area contributed by atoms with Crippen molar-refractivity contribution in [3.05, 3.63) is 29.6 Å². The Hall–Kier alpha value is -1.13. The van der Waals surface area contributed by atoms with Crippen LogP contribution in [0.1, 0.15) is 18.5 Å². The van der Waals surface area contributed by atoms with Gasteiger partial charge in [0, 0.05) is 19.1 Å². The molecule has 0 aromatic heterocycles. The van der Waals surface area contributed by atoms with Crippen LogP contribution in [0, 0.1) is 5.82 Å². The van der Waals surface area contributed by atoms with Crippen molar-refractivity contribution >= 4 is 5.69 Å². The highest BCUT2D eigenvalue weighted by molar-refractivity contribution is 5.50.